The molecule has 2 atom stereocenters. The Morgan fingerprint density at radius 3 is 2.71 bits per heavy atom. The van der Waals surface area contributed by atoms with E-state index in [4.69, 9.17) is 10.5 Å². The van der Waals surface area contributed by atoms with E-state index in [1.165, 1.54) is 32.2 Å². The third-order valence-electron chi connectivity index (χ3n) is 3.93. The smallest absolute Gasteiger partial charge is 0.0702 e. The standard InChI is InChI=1S/C14H30N2O/c1-4-8-14(3,12-15)16-9-6-7-13(11-16)17-10-5-2/h13H,4-12,15H2,1-3H3. The van der Waals surface area contributed by atoms with Gasteiger partial charge >= 0.3 is 0 Å². The van der Waals surface area contributed by atoms with E-state index in [1.54, 1.807) is 0 Å². The van der Waals surface area contributed by atoms with Gasteiger partial charge in [0.05, 0.1) is 6.10 Å². The summed E-state index contributed by atoms with van der Waals surface area (Å²) in [6, 6.07) is 0. The van der Waals surface area contributed by atoms with Gasteiger partial charge in [0.1, 0.15) is 0 Å². The fraction of sp³-hybridized carbons (Fsp3) is 1.00. The zero-order valence-corrected chi connectivity index (χ0v) is 11.9. The second-order valence-corrected chi connectivity index (χ2v) is 5.53. The Hall–Kier alpha value is -0.120. The van der Waals surface area contributed by atoms with Gasteiger partial charge in [-0.1, -0.05) is 20.3 Å². The topological polar surface area (TPSA) is 38.5 Å². The van der Waals surface area contributed by atoms with Gasteiger partial charge in [0, 0.05) is 25.2 Å². The lowest BCUT2D eigenvalue weighted by Gasteiger charge is -2.45. The number of nitrogens with two attached hydrogens (primary N) is 1. The van der Waals surface area contributed by atoms with Crippen LogP contribution in [0.2, 0.25) is 0 Å². The van der Waals surface area contributed by atoms with Crippen molar-refractivity contribution in [3.63, 3.8) is 0 Å². The van der Waals surface area contributed by atoms with E-state index in [0.717, 1.165) is 26.1 Å². The Morgan fingerprint density at radius 2 is 2.12 bits per heavy atom. The van der Waals surface area contributed by atoms with Gasteiger partial charge in [0.15, 0.2) is 0 Å². The third-order valence-corrected chi connectivity index (χ3v) is 3.93. The summed E-state index contributed by atoms with van der Waals surface area (Å²) >= 11 is 0. The normalized spacial score (nSPS) is 25.8. The quantitative estimate of drug-likeness (QED) is 0.745. The molecule has 0 aromatic heterocycles. The Kier molecular flexibility index (Phi) is 6.45. The fourth-order valence-corrected chi connectivity index (χ4v) is 2.78. The van der Waals surface area contributed by atoms with Crippen molar-refractivity contribution in [3.8, 4) is 0 Å². The molecule has 0 bridgehead atoms. The van der Waals surface area contributed by atoms with Crippen molar-refractivity contribution in [1.29, 1.82) is 0 Å². The molecule has 1 rings (SSSR count). The number of hydrogen-bond donors (Lipinski definition) is 1. The van der Waals surface area contributed by atoms with E-state index in [-0.39, 0.29) is 5.54 Å². The van der Waals surface area contributed by atoms with Crippen LogP contribution >= 0.6 is 0 Å². The molecule has 102 valence electrons. The molecule has 0 spiro atoms. The lowest BCUT2D eigenvalue weighted by Crippen LogP contribution is -2.56. The first-order chi connectivity index (χ1) is 8.16. The lowest BCUT2D eigenvalue weighted by atomic mass is 9.91. The van der Waals surface area contributed by atoms with Crippen molar-refractivity contribution >= 4 is 0 Å². The highest BCUT2D eigenvalue weighted by atomic mass is 16.5. The maximum Gasteiger partial charge on any atom is 0.0702 e. The summed E-state index contributed by atoms with van der Waals surface area (Å²) in [7, 11) is 0. The molecular weight excluding hydrogens is 212 g/mol. The molecule has 1 fully saturated rings. The minimum absolute atomic E-state index is 0.170. The summed E-state index contributed by atoms with van der Waals surface area (Å²) in [6.07, 6.45) is 6.37. The van der Waals surface area contributed by atoms with Gasteiger partial charge in [-0.25, -0.2) is 0 Å². The number of piperidine rings is 1. The van der Waals surface area contributed by atoms with Crippen molar-refractivity contribution in [1.82, 2.24) is 4.90 Å². The molecule has 2 N–H and O–H groups in total. The predicted octanol–water partition coefficient (Wildman–Crippen LogP) is 2.39. The van der Waals surface area contributed by atoms with Crippen molar-refractivity contribution in [2.24, 2.45) is 5.73 Å². The third kappa shape index (κ3) is 4.23. The second-order valence-electron chi connectivity index (χ2n) is 5.53. The molecule has 17 heavy (non-hydrogen) atoms. The highest BCUT2D eigenvalue weighted by molar-refractivity contribution is 4.90. The van der Waals surface area contributed by atoms with Crippen LogP contribution in [0.5, 0.6) is 0 Å². The van der Waals surface area contributed by atoms with Gasteiger partial charge < -0.3 is 10.5 Å². The largest absolute Gasteiger partial charge is 0.377 e. The molecule has 0 saturated carbocycles. The van der Waals surface area contributed by atoms with Crippen LogP contribution in [0, 0.1) is 0 Å². The van der Waals surface area contributed by atoms with Gasteiger partial charge in [0.25, 0.3) is 0 Å². The Balaban J connectivity index is 2.51. The minimum atomic E-state index is 0.170. The molecule has 1 aliphatic heterocycles. The molecule has 3 nitrogen and oxygen atoms in total. The number of likely N-dealkylation sites (tertiary alicyclic amines) is 1. The summed E-state index contributed by atoms with van der Waals surface area (Å²) in [6.45, 7) is 10.6. The average Bonchev–Trinajstić information content (AvgIpc) is 2.37. The van der Waals surface area contributed by atoms with Crippen molar-refractivity contribution in [2.75, 3.05) is 26.2 Å². The van der Waals surface area contributed by atoms with E-state index in [1.807, 2.05) is 0 Å². The van der Waals surface area contributed by atoms with Gasteiger partial charge in [-0.15, -0.1) is 0 Å². The van der Waals surface area contributed by atoms with Crippen LogP contribution in [0.3, 0.4) is 0 Å². The second kappa shape index (κ2) is 7.34. The zero-order chi connectivity index (χ0) is 12.7. The summed E-state index contributed by atoms with van der Waals surface area (Å²) in [5.41, 5.74) is 6.16. The maximum atomic E-state index is 5.99. The van der Waals surface area contributed by atoms with E-state index >= 15 is 0 Å². The fourth-order valence-electron chi connectivity index (χ4n) is 2.78. The number of nitrogens with zero attached hydrogens (tertiary/aromatic N) is 1. The lowest BCUT2D eigenvalue weighted by molar-refractivity contribution is -0.0341. The Bertz CT molecular complexity index is 210. The van der Waals surface area contributed by atoms with Crippen LogP contribution < -0.4 is 5.73 Å². The van der Waals surface area contributed by atoms with Crippen LogP contribution in [0.15, 0.2) is 0 Å². The summed E-state index contributed by atoms with van der Waals surface area (Å²) < 4.78 is 5.90. The molecule has 0 radical (unpaired) electrons. The first-order valence-corrected chi connectivity index (χ1v) is 7.23. The maximum absolute atomic E-state index is 5.99. The molecular formula is C14H30N2O. The molecule has 0 amide bonds. The van der Waals surface area contributed by atoms with Crippen LogP contribution in [-0.4, -0.2) is 42.8 Å². The Labute approximate surface area is 107 Å². The molecule has 1 aliphatic rings. The van der Waals surface area contributed by atoms with Gasteiger partial charge in [0.2, 0.25) is 0 Å². The number of ether oxygens (including phenoxy) is 1. The van der Waals surface area contributed by atoms with Crippen LogP contribution in [0.4, 0.5) is 0 Å². The van der Waals surface area contributed by atoms with E-state index in [2.05, 4.69) is 25.7 Å². The molecule has 2 unspecified atom stereocenters. The highest BCUT2D eigenvalue weighted by Gasteiger charge is 2.33. The zero-order valence-electron chi connectivity index (χ0n) is 11.9. The molecule has 0 aromatic rings. The summed E-state index contributed by atoms with van der Waals surface area (Å²) in [5, 5.41) is 0. The summed E-state index contributed by atoms with van der Waals surface area (Å²) in [5.74, 6) is 0. The SMILES string of the molecule is CCCOC1CCCN(C(C)(CN)CCC)C1. The minimum Gasteiger partial charge on any atom is -0.377 e. The first kappa shape index (κ1) is 14.9. The van der Waals surface area contributed by atoms with Gasteiger partial charge in [-0.05, 0) is 39.2 Å². The number of rotatable bonds is 7. The number of hydrogen-bond acceptors (Lipinski definition) is 3. The van der Waals surface area contributed by atoms with Crippen molar-refractivity contribution in [2.45, 2.75) is 64.5 Å². The highest BCUT2D eigenvalue weighted by Crippen LogP contribution is 2.25. The monoisotopic (exact) mass is 242 g/mol. The molecule has 1 heterocycles. The van der Waals surface area contributed by atoms with Gasteiger partial charge in [-0.2, -0.15) is 0 Å². The molecule has 0 aliphatic carbocycles. The summed E-state index contributed by atoms with van der Waals surface area (Å²) in [4.78, 5) is 2.56. The predicted molar refractivity (Wildman–Crippen MR) is 73.2 cm³/mol. The first-order valence-electron chi connectivity index (χ1n) is 7.23. The van der Waals surface area contributed by atoms with E-state index in [0.29, 0.717) is 6.10 Å². The van der Waals surface area contributed by atoms with Gasteiger partial charge in [-0.3, -0.25) is 4.90 Å². The molecule has 1 saturated heterocycles. The molecule has 3 heteroatoms. The van der Waals surface area contributed by atoms with Crippen LogP contribution in [-0.2, 0) is 4.74 Å². The molecule has 0 aromatic carbocycles. The van der Waals surface area contributed by atoms with E-state index < -0.39 is 0 Å². The van der Waals surface area contributed by atoms with Crippen molar-refractivity contribution in [3.05, 3.63) is 0 Å². The van der Waals surface area contributed by atoms with Crippen LogP contribution in [0.25, 0.3) is 0 Å². The average molecular weight is 242 g/mol. The van der Waals surface area contributed by atoms with Crippen LogP contribution in [0.1, 0.15) is 52.9 Å². The van der Waals surface area contributed by atoms with E-state index in [9.17, 15) is 0 Å². The Morgan fingerprint density at radius 1 is 1.35 bits per heavy atom. The van der Waals surface area contributed by atoms with Crippen molar-refractivity contribution < 1.29 is 4.74 Å².